The Morgan fingerprint density at radius 2 is 1.83 bits per heavy atom. The van der Waals surface area contributed by atoms with Gasteiger partial charge >= 0.3 is 11.8 Å². The Balaban J connectivity index is 1.81. The molecule has 126 valence electrons. The second kappa shape index (κ2) is 7.27. The van der Waals surface area contributed by atoms with Crippen LogP contribution in [0.15, 0.2) is 34.7 Å². The van der Waals surface area contributed by atoms with Gasteiger partial charge in [-0.25, -0.2) is 0 Å². The molecule has 0 aliphatic carbocycles. The van der Waals surface area contributed by atoms with Crippen LogP contribution in [0.2, 0.25) is 0 Å². The molecule has 0 saturated carbocycles. The molecular weight excluding hydrogens is 318 g/mol. The lowest BCUT2D eigenvalue weighted by Crippen LogP contribution is -2.43. The van der Waals surface area contributed by atoms with E-state index in [1.165, 1.54) is 0 Å². The predicted octanol–water partition coefficient (Wildman–Crippen LogP) is 1.64. The highest BCUT2D eigenvalue weighted by Gasteiger charge is 2.17. The maximum atomic E-state index is 11.7. The molecule has 2 amide bonds. The maximum absolute atomic E-state index is 11.7. The van der Waals surface area contributed by atoms with Crippen LogP contribution in [-0.2, 0) is 4.79 Å². The number of ether oxygens (including phenoxy) is 1. The molecule has 9 nitrogen and oxygen atoms in total. The number of aryl methyl sites for hydroxylation is 2. The summed E-state index contributed by atoms with van der Waals surface area (Å²) in [5.41, 5.74) is 6.20. The molecule has 0 saturated heterocycles. The molecule has 0 bridgehead atoms. The third-order valence-electron chi connectivity index (χ3n) is 2.88. The number of carbonyl (C=O) groups is 2. The zero-order valence-corrected chi connectivity index (χ0v) is 13.0. The Morgan fingerprint density at radius 1 is 1.17 bits per heavy atom. The minimum absolute atomic E-state index is 0.294. The molecule has 1 aromatic heterocycles. The highest BCUT2D eigenvalue weighted by molar-refractivity contribution is 5.93. The van der Waals surface area contributed by atoms with Gasteiger partial charge in [-0.15, -0.1) is 0 Å². The van der Waals surface area contributed by atoms with E-state index in [2.05, 4.69) is 10.9 Å². The zero-order valence-electron chi connectivity index (χ0n) is 13.0. The fourth-order valence-electron chi connectivity index (χ4n) is 1.94. The number of amides is 2. The molecule has 0 atom stereocenters. The van der Waals surface area contributed by atoms with Gasteiger partial charge in [0.1, 0.15) is 10.7 Å². The molecule has 0 fully saturated rings. The summed E-state index contributed by atoms with van der Waals surface area (Å²) >= 11 is 0. The smallest absolute Gasteiger partial charge is 0.433 e. The number of nitro groups is 1. The van der Waals surface area contributed by atoms with E-state index in [0.29, 0.717) is 5.75 Å². The van der Waals surface area contributed by atoms with E-state index in [9.17, 15) is 19.7 Å². The van der Waals surface area contributed by atoms with Crippen molar-refractivity contribution in [1.82, 2.24) is 10.9 Å². The highest BCUT2D eigenvalue weighted by atomic mass is 16.6. The summed E-state index contributed by atoms with van der Waals surface area (Å²) in [7, 11) is 0. The highest BCUT2D eigenvalue weighted by Crippen LogP contribution is 2.16. The lowest BCUT2D eigenvalue weighted by atomic mass is 10.1. The van der Waals surface area contributed by atoms with E-state index < -0.39 is 22.6 Å². The van der Waals surface area contributed by atoms with Gasteiger partial charge in [0.15, 0.2) is 6.61 Å². The molecule has 0 aliphatic heterocycles. The summed E-state index contributed by atoms with van der Waals surface area (Å²) in [4.78, 5) is 33.0. The Kier molecular flexibility index (Phi) is 5.15. The second-order valence-electron chi connectivity index (χ2n) is 5.01. The molecule has 1 heterocycles. The first-order valence-electron chi connectivity index (χ1n) is 6.89. The van der Waals surface area contributed by atoms with Crippen molar-refractivity contribution in [2.24, 2.45) is 0 Å². The van der Waals surface area contributed by atoms with Gasteiger partial charge in [0.05, 0.1) is 6.07 Å². The molecule has 1 aromatic carbocycles. The van der Waals surface area contributed by atoms with E-state index in [-0.39, 0.29) is 12.4 Å². The summed E-state index contributed by atoms with van der Waals surface area (Å²) in [6.45, 7) is 3.51. The zero-order chi connectivity index (χ0) is 17.7. The fraction of sp³-hybridized carbons (Fsp3) is 0.200. The number of furan rings is 1. The van der Waals surface area contributed by atoms with Crippen LogP contribution >= 0.6 is 0 Å². The molecule has 2 aromatic rings. The van der Waals surface area contributed by atoms with Crippen LogP contribution < -0.4 is 15.6 Å². The van der Waals surface area contributed by atoms with Crippen LogP contribution in [0.5, 0.6) is 5.75 Å². The van der Waals surface area contributed by atoms with Gasteiger partial charge < -0.3 is 9.15 Å². The molecule has 0 aliphatic rings. The third kappa shape index (κ3) is 4.57. The first-order chi connectivity index (χ1) is 11.3. The van der Waals surface area contributed by atoms with Gasteiger partial charge in [-0.3, -0.25) is 30.6 Å². The maximum Gasteiger partial charge on any atom is 0.433 e. The number of hydrogen-bond donors (Lipinski definition) is 2. The van der Waals surface area contributed by atoms with Gasteiger partial charge in [-0.1, -0.05) is 6.07 Å². The summed E-state index contributed by atoms with van der Waals surface area (Å²) in [6, 6.07) is 7.70. The third-order valence-corrected chi connectivity index (χ3v) is 2.88. The standard InChI is InChI=1S/C15H15N3O6/c1-9-5-10(2)7-11(6-9)23-8-13(19)16-17-15(20)12-3-4-14(24-12)18(21)22/h3-7H,8H2,1-2H3,(H,16,19)(H,17,20). The summed E-state index contributed by atoms with van der Waals surface area (Å²) in [6.07, 6.45) is 0. The van der Waals surface area contributed by atoms with Crippen LogP contribution in [0.3, 0.4) is 0 Å². The number of carbonyl (C=O) groups excluding carboxylic acids is 2. The number of nitrogens with one attached hydrogen (secondary N) is 2. The van der Waals surface area contributed by atoms with E-state index in [4.69, 9.17) is 9.15 Å². The van der Waals surface area contributed by atoms with Crippen molar-refractivity contribution in [2.75, 3.05) is 6.61 Å². The van der Waals surface area contributed by atoms with Gasteiger partial charge in [-0.05, 0) is 43.2 Å². The SMILES string of the molecule is Cc1cc(C)cc(OCC(=O)NNC(=O)c2ccc([N+](=O)[O-])o2)c1. The van der Waals surface area contributed by atoms with Gasteiger partial charge in [-0.2, -0.15) is 0 Å². The molecular formula is C15H15N3O6. The van der Waals surface area contributed by atoms with Crippen molar-refractivity contribution >= 4 is 17.7 Å². The summed E-state index contributed by atoms with van der Waals surface area (Å²) < 4.78 is 10.0. The van der Waals surface area contributed by atoms with Crippen LogP contribution in [-0.4, -0.2) is 23.3 Å². The fourth-order valence-corrected chi connectivity index (χ4v) is 1.94. The van der Waals surface area contributed by atoms with Crippen molar-refractivity contribution in [2.45, 2.75) is 13.8 Å². The van der Waals surface area contributed by atoms with Crippen molar-refractivity contribution in [3.63, 3.8) is 0 Å². The van der Waals surface area contributed by atoms with Gasteiger partial charge in [0, 0.05) is 0 Å². The van der Waals surface area contributed by atoms with Crippen molar-refractivity contribution in [3.8, 4) is 5.75 Å². The number of hydrazine groups is 1. The van der Waals surface area contributed by atoms with E-state index in [1.807, 2.05) is 19.9 Å². The number of hydrogen-bond acceptors (Lipinski definition) is 6. The Bertz CT molecular complexity index is 763. The van der Waals surface area contributed by atoms with Crippen molar-refractivity contribution in [1.29, 1.82) is 0 Å². The summed E-state index contributed by atoms with van der Waals surface area (Å²) in [5.74, 6) is -1.73. The average Bonchev–Trinajstić information content (AvgIpc) is 3.00. The lowest BCUT2D eigenvalue weighted by Gasteiger charge is -2.09. The number of rotatable bonds is 5. The van der Waals surface area contributed by atoms with E-state index >= 15 is 0 Å². The Morgan fingerprint density at radius 3 is 2.42 bits per heavy atom. The molecule has 0 radical (unpaired) electrons. The molecule has 2 N–H and O–H groups in total. The molecule has 24 heavy (non-hydrogen) atoms. The van der Waals surface area contributed by atoms with Crippen molar-refractivity contribution in [3.05, 3.63) is 57.3 Å². The van der Waals surface area contributed by atoms with Gasteiger partial charge in [0.25, 0.3) is 5.91 Å². The molecule has 2 rings (SSSR count). The monoisotopic (exact) mass is 333 g/mol. The molecule has 0 spiro atoms. The van der Waals surface area contributed by atoms with Gasteiger partial charge in [0.2, 0.25) is 5.76 Å². The predicted molar refractivity (Wildman–Crippen MR) is 82.4 cm³/mol. The topological polar surface area (TPSA) is 124 Å². The lowest BCUT2D eigenvalue weighted by molar-refractivity contribution is -0.402. The van der Waals surface area contributed by atoms with Crippen molar-refractivity contribution < 1.29 is 23.7 Å². The summed E-state index contributed by atoms with van der Waals surface area (Å²) in [5, 5.41) is 10.5. The van der Waals surface area contributed by atoms with Crippen LogP contribution in [0, 0.1) is 24.0 Å². The molecule has 9 heteroatoms. The normalized spacial score (nSPS) is 10.1. The van der Waals surface area contributed by atoms with Crippen LogP contribution in [0.25, 0.3) is 0 Å². The largest absolute Gasteiger partial charge is 0.484 e. The number of nitrogens with zero attached hydrogens (tertiary/aromatic N) is 1. The quantitative estimate of drug-likeness (QED) is 0.633. The Labute approximate surface area is 136 Å². The van der Waals surface area contributed by atoms with E-state index in [0.717, 1.165) is 23.3 Å². The minimum atomic E-state index is -0.817. The first kappa shape index (κ1) is 17.0. The minimum Gasteiger partial charge on any atom is -0.484 e. The number of benzene rings is 1. The average molecular weight is 333 g/mol. The van der Waals surface area contributed by atoms with Crippen LogP contribution in [0.4, 0.5) is 5.88 Å². The van der Waals surface area contributed by atoms with E-state index in [1.54, 1.807) is 12.1 Å². The Hall–Kier alpha value is -3.36. The second-order valence-corrected chi connectivity index (χ2v) is 5.01. The molecule has 0 unspecified atom stereocenters. The first-order valence-corrected chi connectivity index (χ1v) is 6.89. The van der Waals surface area contributed by atoms with Crippen LogP contribution in [0.1, 0.15) is 21.7 Å².